The lowest BCUT2D eigenvalue weighted by Gasteiger charge is -2.11. The first-order valence-corrected chi connectivity index (χ1v) is 8.63. The fourth-order valence-electron chi connectivity index (χ4n) is 1.94. The van der Waals surface area contributed by atoms with E-state index in [-0.39, 0.29) is 12.5 Å². The quantitative estimate of drug-likeness (QED) is 0.398. The predicted molar refractivity (Wildman–Crippen MR) is 108 cm³/mol. The van der Waals surface area contributed by atoms with Crippen molar-refractivity contribution < 1.29 is 14.3 Å². The number of hydrogen-bond donors (Lipinski definition) is 1. The summed E-state index contributed by atoms with van der Waals surface area (Å²) in [6, 6.07) is 13.2. The maximum absolute atomic E-state index is 11.8. The van der Waals surface area contributed by atoms with Crippen LogP contribution in [0, 0.1) is 3.57 Å². The lowest BCUT2D eigenvalue weighted by Crippen LogP contribution is -2.24. The zero-order valence-corrected chi connectivity index (χ0v) is 16.5. The van der Waals surface area contributed by atoms with Crippen LogP contribution in [0.15, 0.2) is 47.6 Å². The third kappa shape index (κ3) is 5.93. The number of hydrazone groups is 1. The van der Waals surface area contributed by atoms with E-state index in [0.29, 0.717) is 5.75 Å². The van der Waals surface area contributed by atoms with Crippen LogP contribution in [0.4, 0.5) is 5.69 Å². The van der Waals surface area contributed by atoms with Gasteiger partial charge >= 0.3 is 0 Å². The first kappa shape index (κ1) is 19.0. The van der Waals surface area contributed by atoms with Crippen molar-refractivity contribution in [2.75, 3.05) is 32.7 Å². The Bertz CT molecular complexity index is 746. The molecule has 2 aromatic carbocycles. The Hall–Kier alpha value is -2.29. The Morgan fingerprint density at radius 3 is 2.56 bits per heavy atom. The molecule has 2 rings (SSSR count). The van der Waals surface area contributed by atoms with Crippen LogP contribution in [0.3, 0.4) is 0 Å². The Labute approximate surface area is 161 Å². The molecule has 6 nitrogen and oxygen atoms in total. The minimum atomic E-state index is -0.326. The van der Waals surface area contributed by atoms with Crippen LogP contribution >= 0.6 is 22.6 Å². The van der Waals surface area contributed by atoms with Crippen LogP contribution in [-0.4, -0.2) is 39.9 Å². The predicted octanol–water partition coefficient (Wildman–Crippen LogP) is 2.89. The zero-order chi connectivity index (χ0) is 18.2. The molecule has 0 aromatic heterocycles. The summed E-state index contributed by atoms with van der Waals surface area (Å²) in [5.74, 6) is 1.04. The Morgan fingerprint density at radius 1 is 1.24 bits per heavy atom. The molecule has 1 amide bonds. The molecule has 0 saturated carbocycles. The van der Waals surface area contributed by atoms with Crippen molar-refractivity contribution in [3.63, 3.8) is 0 Å². The smallest absolute Gasteiger partial charge is 0.277 e. The molecular formula is C18H20IN3O3. The molecule has 25 heavy (non-hydrogen) atoms. The molecule has 0 bridgehead atoms. The van der Waals surface area contributed by atoms with Crippen molar-refractivity contribution in [3.05, 3.63) is 51.6 Å². The number of carbonyl (C=O) groups is 1. The van der Waals surface area contributed by atoms with E-state index in [0.717, 1.165) is 20.6 Å². The van der Waals surface area contributed by atoms with Gasteiger partial charge in [-0.25, -0.2) is 5.43 Å². The lowest BCUT2D eigenvalue weighted by atomic mass is 10.2. The molecule has 0 radical (unpaired) electrons. The van der Waals surface area contributed by atoms with E-state index < -0.39 is 0 Å². The molecule has 7 heteroatoms. The van der Waals surface area contributed by atoms with Gasteiger partial charge in [-0.05, 0) is 58.5 Å². The lowest BCUT2D eigenvalue weighted by molar-refractivity contribution is -0.123. The van der Waals surface area contributed by atoms with Crippen molar-refractivity contribution in [1.29, 1.82) is 0 Å². The average Bonchev–Trinajstić information content (AvgIpc) is 2.61. The van der Waals surface area contributed by atoms with E-state index in [1.54, 1.807) is 25.5 Å². The van der Waals surface area contributed by atoms with E-state index >= 15 is 0 Å². The number of benzene rings is 2. The van der Waals surface area contributed by atoms with E-state index in [1.807, 2.05) is 49.3 Å². The summed E-state index contributed by atoms with van der Waals surface area (Å²) in [7, 11) is 5.56. The first-order chi connectivity index (χ1) is 12.0. The molecule has 0 heterocycles. The molecule has 0 atom stereocenters. The SMILES string of the molecule is COc1ccc(OCC(=O)N/N=C/c2ccc(N(C)C)cc2)c(I)c1. The summed E-state index contributed by atoms with van der Waals surface area (Å²) < 4.78 is 11.5. The maximum Gasteiger partial charge on any atom is 0.277 e. The van der Waals surface area contributed by atoms with Crippen LogP contribution in [-0.2, 0) is 4.79 Å². The molecule has 132 valence electrons. The summed E-state index contributed by atoms with van der Waals surface area (Å²) in [4.78, 5) is 13.8. The van der Waals surface area contributed by atoms with Gasteiger partial charge in [0.2, 0.25) is 0 Å². The minimum Gasteiger partial charge on any atom is -0.497 e. The standard InChI is InChI=1S/C18H20IN3O3/c1-22(2)14-6-4-13(5-7-14)11-20-21-18(23)12-25-17-9-8-15(24-3)10-16(17)19/h4-11H,12H2,1-3H3,(H,21,23)/b20-11+. The molecule has 0 aliphatic rings. The Kier molecular flexibility index (Phi) is 7.05. The highest BCUT2D eigenvalue weighted by Crippen LogP contribution is 2.25. The van der Waals surface area contributed by atoms with E-state index in [4.69, 9.17) is 9.47 Å². The normalized spacial score (nSPS) is 10.6. The van der Waals surface area contributed by atoms with Crippen LogP contribution in [0.2, 0.25) is 0 Å². The number of nitrogens with one attached hydrogen (secondary N) is 1. The van der Waals surface area contributed by atoms with Gasteiger partial charge in [0, 0.05) is 19.8 Å². The van der Waals surface area contributed by atoms with Gasteiger partial charge in [-0.2, -0.15) is 5.10 Å². The van der Waals surface area contributed by atoms with E-state index in [2.05, 4.69) is 33.1 Å². The molecule has 0 unspecified atom stereocenters. The van der Waals surface area contributed by atoms with Crippen LogP contribution in [0.5, 0.6) is 11.5 Å². The highest BCUT2D eigenvalue weighted by molar-refractivity contribution is 14.1. The third-order valence-corrected chi connectivity index (χ3v) is 4.15. The second kappa shape index (κ2) is 9.26. The number of methoxy groups -OCH3 is 1. The van der Waals surface area contributed by atoms with Crippen molar-refractivity contribution in [2.45, 2.75) is 0 Å². The number of ether oxygens (including phenoxy) is 2. The summed E-state index contributed by atoms with van der Waals surface area (Å²) in [6.45, 7) is -0.112. The summed E-state index contributed by atoms with van der Waals surface area (Å²) >= 11 is 2.13. The Balaban J connectivity index is 1.82. The highest BCUT2D eigenvalue weighted by atomic mass is 127. The molecule has 0 aliphatic carbocycles. The van der Waals surface area contributed by atoms with Gasteiger partial charge in [0.25, 0.3) is 5.91 Å². The largest absolute Gasteiger partial charge is 0.497 e. The van der Waals surface area contributed by atoms with Crippen molar-refractivity contribution in [2.24, 2.45) is 5.10 Å². The molecule has 0 aliphatic heterocycles. The fraction of sp³-hybridized carbons (Fsp3) is 0.222. The third-order valence-electron chi connectivity index (χ3n) is 3.31. The van der Waals surface area contributed by atoms with Gasteiger partial charge < -0.3 is 14.4 Å². The second-order valence-electron chi connectivity index (χ2n) is 5.36. The summed E-state index contributed by atoms with van der Waals surface area (Å²) in [5, 5.41) is 3.94. The first-order valence-electron chi connectivity index (χ1n) is 7.55. The van der Waals surface area contributed by atoms with Gasteiger partial charge in [0.1, 0.15) is 11.5 Å². The highest BCUT2D eigenvalue weighted by Gasteiger charge is 2.06. The zero-order valence-electron chi connectivity index (χ0n) is 14.3. The van der Waals surface area contributed by atoms with Crippen LogP contribution in [0.25, 0.3) is 0 Å². The number of rotatable bonds is 7. The number of halogens is 1. The van der Waals surface area contributed by atoms with Gasteiger partial charge in [-0.3, -0.25) is 4.79 Å². The molecule has 1 N–H and O–H groups in total. The summed E-state index contributed by atoms with van der Waals surface area (Å²) in [5.41, 5.74) is 4.45. The number of carbonyl (C=O) groups excluding carboxylic acids is 1. The monoisotopic (exact) mass is 453 g/mol. The van der Waals surface area contributed by atoms with Gasteiger partial charge in [0.15, 0.2) is 6.61 Å². The molecule has 0 saturated heterocycles. The number of hydrogen-bond acceptors (Lipinski definition) is 5. The van der Waals surface area contributed by atoms with Crippen molar-refractivity contribution >= 4 is 40.4 Å². The van der Waals surface area contributed by atoms with E-state index in [1.165, 1.54) is 0 Å². The molecule has 2 aromatic rings. The number of amides is 1. The van der Waals surface area contributed by atoms with Crippen LogP contribution in [0.1, 0.15) is 5.56 Å². The maximum atomic E-state index is 11.8. The topological polar surface area (TPSA) is 63.2 Å². The van der Waals surface area contributed by atoms with Gasteiger partial charge in [-0.15, -0.1) is 0 Å². The van der Waals surface area contributed by atoms with E-state index in [9.17, 15) is 4.79 Å². The minimum absolute atomic E-state index is 0.112. The van der Waals surface area contributed by atoms with Crippen LogP contribution < -0.4 is 19.8 Å². The fourth-order valence-corrected chi connectivity index (χ4v) is 2.58. The van der Waals surface area contributed by atoms with Crippen molar-refractivity contribution in [1.82, 2.24) is 5.43 Å². The number of anilines is 1. The molecule has 0 spiro atoms. The van der Waals surface area contributed by atoms with Crippen molar-refractivity contribution in [3.8, 4) is 11.5 Å². The van der Waals surface area contributed by atoms with Gasteiger partial charge in [0.05, 0.1) is 16.9 Å². The molecule has 0 fully saturated rings. The van der Waals surface area contributed by atoms with Gasteiger partial charge in [-0.1, -0.05) is 12.1 Å². The summed E-state index contributed by atoms with van der Waals surface area (Å²) in [6.07, 6.45) is 1.59. The second-order valence-corrected chi connectivity index (χ2v) is 6.53. The number of nitrogens with zero attached hydrogens (tertiary/aromatic N) is 2. The Morgan fingerprint density at radius 2 is 1.96 bits per heavy atom. The average molecular weight is 453 g/mol. The molecular weight excluding hydrogens is 433 g/mol.